The van der Waals surface area contributed by atoms with E-state index in [1.165, 1.54) is 0 Å². The number of nitrogens with zero attached hydrogens (tertiary/aromatic N) is 2. The van der Waals surface area contributed by atoms with Crippen LogP contribution in [0.4, 0.5) is 14.4 Å². The highest BCUT2D eigenvalue weighted by molar-refractivity contribution is 5.68. The predicted octanol–water partition coefficient (Wildman–Crippen LogP) is 3.74. The van der Waals surface area contributed by atoms with E-state index >= 15 is 0 Å². The zero-order valence-corrected chi connectivity index (χ0v) is 21.8. The molecular weight excluding hydrogens is 440 g/mol. The van der Waals surface area contributed by atoms with Gasteiger partial charge in [-0.3, -0.25) is 4.90 Å². The highest BCUT2D eigenvalue weighted by Gasteiger charge is 2.29. The summed E-state index contributed by atoms with van der Waals surface area (Å²) in [5.74, 6) is 0. The Morgan fingerprint density at radius 2 is 1.35 bits per heavy atom. The van der Waals surface area contributed by atoms with Gasteiger partial charge in [0.05, 0.1) is 0 Å². The maximum atomic E-state index is 12.4. The first-order chi connectivity index (χ1) is 16.2. The molecule has 1 fully saturated rings. The minimum absolute atomic E-state index is 0.192. The average molecular weight is 487 g/mol. The number of amides is 3. The lowest BCUT2D eigenvalue weighted by molar-refractivity contribution is 0.0110. The van der Waals surface area contributed by atoms with Gasteiger partial charge in [-0.15, -0.1) is 0 Å². The summed E-state index contributed by atoms with van der Waals surface area (Å²) in [5.41, 5.74) is -0.524. The fourth-order valence-corrected chi connectivity index (χ4v) is 3.56. The Bertz CT molecular complexity index is 575. The van der Waals surface area contributed by atoms with Crippen molar-refractivity contribution in [3.05, 3.63) is 0 Å². The topological polar surface area (TPSA) is 109 Å². The van der Waals surface area contributed by atoms with Crippen LogP contribution in [0.25, 0.3) is 0 Å². The molecular formula is C24H46N4O6. The molecule has 0 atom stereocenters. The molecule has 34 heavy (non-hydrogen) atoms. The number of hydrogen-bond donors (Lipinski definition) is 2. The number of piperidine rings is 1. The number of likely N-dealkylation sites (tertiary alicyclic amines) is 1. The van der Waals surface area contributed by atoms with Crippen molar-refractivity contribution in [1.29, 1.82) is 0 Å². The van der Waals surface area contributed by atoms with Crippen molar-refractivity contribution in [3.8, 4) is 0 Å². The summed E-state index contributed by atoms with van der Waals surface area (Å²) in [6, 6.07) is 0.192. The van der Waals surface area contributed by atoms with Gasteiger partial charge in [-0.2, -0.15) is 0 Å². The van der Waals surface area contributed by atoms with Gasteiger partial charge in [-0.05, 0) is 46.5 Å². The normalized spacial score (nSPS) is 14.6. The fourth-order valence-electron chi connectivity index (χ4n) is 3.56. The second-order valence-corrected chi connectivity index (χ2v) is 9.57. The molecule has 3 amide bonds. The zero-order valence-electron chi connectivity index (χ0n) is 21.8. The number of nitrogens with one attached hydrogen (secondary N) is 2. The summed E-state index contributed by atoms with van der Waals surface area (Å²) >= 11 is 0. The monoisotopic (exact) mass is 486 g/mol. The molecule has 10 heteroatoms. The second kappa shape index (κ2) is 16.4. The Hall–Kier alpha value is -2.23. The van der Waals surface area contributed by atoms with E-state index < -0.39 is 17.8 Å². The van der Waals surface area contributed by atoms with Gasteiger partial charge in [0, 0.05) is 45.3 Å². The molecule has 0 unspecified atom stereocenters. The molecule has 0 radical (unpaired) electrons. The Balaban J connectivity index is 2.54. The van der Waals surface area contributed by atoms with Crippen molar-refractivity contribution >= 4 is 18.3 Å². The number of carbonyl (C=O) groups excluding carboxylic acids is 3. The fraction of sp³-hybridized carbons (Fsp3) is 0.875. The lowest BCUT2D eigenvalue weighted by Crippen LogP contribution is -2.49. The molecule has 0 aromatic rings. The number of unbranched alkanes of at least 4 members (excludes halogenated alkanes) is 2. The third-order valence-electron chi connectivity index (χ3n) is 5.46. The Morgan fingerprint density at radius 3 is 1.76 bits per heavy atom. The average Bonchev–Trinajstić information content (AvgIpc) is 2.77. The van der Waals surface area contributed by atoms with Crippen LogP contribution in [0.5, 0.6) is 0 Å². The summed E-state index contributed by atoms with van der Waals surface area (Å²) in [7, 11) is 0. The smallest absolute Gasteiger partial charge is 0.410 e. The summed E-state index contributed by atoms with van der Waals surface area (Å²) < 4.78 is 16.1. The van der Waals surface area contributed by atoms with Crippen molar-refractivity contribution in [2.45, 2.75) is 84.8 Å². The lowest BCUT2D eigenvalue weighted by Gasteiger charge is -2.38. The molecule has 0 bridgehead atoms. The van der Waals surface area contributed by atoms with Gasteiger partial charge in [0.2, 0.25) is 0 Å². The first-order valence-electron chi connectivity index (χ1n) is 12.7. The minimum atomic E-state index is -0.524. The van der Waals surface area contributed by atoms with Crippen LogP contribution in [0.3, 0.4) is 0 Å². The molecule has 0 spiro atoms. The van der Waals surface area contributed by atoms with Gasteiger partial charge in [0.15, 0.2) is 0 Å². The highest BCUT2D eigenvalue weighted by atomic mass is 16.6. The largest absolute Gasteiger partial charge is 0.448 e. The summed E-state index contributed by atoms with van der Waals surface area (Å²) in [6.07, 6.45) is 4.24. The molecule has 2 N–H and O–H groups in total. The van der Waals surface area contributed by atoms with Gasteiger partial charge < -0.3 is 29.7 Å². The van der Waals surface area contributed by atoms with E-state index in [-0.39, 0.29) is 25.3 Å². The van der Waals surface area contributed by atoms with Gasteiger partial charge in [-0.1, -0.05) is 26.7 Å². The van der Waals surface area contributed by atoms with Gasteiger partial charge in [0.25, 0.3) is 0 Å². The number of alkyl carbamates (subject to hydrolysis) is 2. The number of ether oxygens (including phenoxy) is 3. The lowest BCUT2D eigenvalue weighted by atomic mass is 10.0. The standard InChI is InChI=1S/C24H46N4O6/c1-6-8-12-25-21(29)32-18-16-27(17-19-33-22(30)26-13-9-7-2)20-10-14-28(15-11-20)23(31)34-24(3,4)5/h20H,6-19H2,1-5H3,(H,25,29)(H,26,30). The molecule has 1 rings (SSSR count). The van der Waals surface area contributed by atoms with Crippen LogP contribution in [0.2, 0.25) is 0 Å². The first-order valence-corrected chi connectivity index (χ1v) is 12.7. The molecule has 0 aliphatic carbocycles. The zero-order chi connectivity index (χ0) is 25.4. The van der Waals surface area contributed by atoms with E-state index in [4.69, 9.17) is 14.2 Å². The van der Waals surface area contributed by atoms with Crippen LogP contribution in [-0.4, -0.2) is 92.2 Å². The molecule has 1 aliphatic heterocycles. The molecule has 0 aromatic heterocycles. The van der Waals surface area contributed by atoms with E-state index in [1.807, 2.05) is 20.8 Å². The Labute approximate surface area is 205 Å². The van der Waals surface area contributed by atoms with Gasteiger partial charge >= 0.3 is 18.3 Å². The van der Waals surface area contributed by atoms with Crippen LogP contribution in [0, 0.1) is 0 Å². The van der Waals surface area contributed by atoms with Crippen molar-refractivity contribution in [2.24, 2.45) is 0 Å². The number of hydrogen-bond acceptors (Lipinski definition) is 7. The van der Waals surface area contributed by atoms with E-state index in [1.54, 1.807) is 4.90 Å². The van der Waals surface area contributed by atoms with Crippen LogP contribution in [0.1, 0.15) is 73.1 Å². The van der Waals surface area contributed by atoms with Gasteiger partial charge in [0.1, 0.15) is 18.8 Å². The third kappa shape index (κ3) is 13.5. The van der Waals surface area contributed by atoms with E-state index in [9.17, 15) is 14.4 Å². The predicted molar refractivity (Wildman–Crippen MR) is 131 cm³/mol. The van der Waals surface area contributed by atoms with Crippen molar-refractivity contribution in [3.63, 3.8) is 0 Å². The SMILES string of the molecule is CCCCNC(=O)OCCN(CCOC(=O)NCCCC)C1CCN(C(=O)OC(C)(C)C)CC1. The quantitative estimate of drug-likeness (QED) is 0.301. The minimum Gasteiger partial charge on any atom is -0.448 e. The van der Waals surface area contributed by atoms with Crippen LogP contribution >= 0.6 is 0 Å². The molecule has 1 aliphatic rings. The summed E-state index contributed by atoms with van der Waals surface area (Å²) in [6.45, 7) is 13.6. The second-order valence-electron chi connectivity index (χ2n) is 9.57. The van der Waals surface area contributed by atoms with Gasteiger partial charge in [-0.25, -0.2) is 14.4 Å². The summed E-state index contributed by atoms with van der Waals surface area (Å²) in [5, 5.41) is 5.48. The van der Waals surface area contributed by atoms with Crippen molar-refractivity contribution in [1.82, 2.24) is 20.4 Å². The number of rotatable bonds is 13. The van der Waals surface area contributed by atoms with Crippen molar-refractivity contribution < 1.29 is 28.6 Å². The highest BCUT2D eigenvalue weighted by Crippen LogP contribution is 2.19. The molecule has 0 aromatic carbocycles. The molecule has 1 saturated heterocycles. The van der Waals surface area contributed by atoms with E-state index in [0.717, 1.165) is 38.5 Å². The molecule has 1 heterocycles. The first kappa shape index (κ1) is 29.8. The Kier molecular flexibility index (Phi) is 14.4. The maximum Gasteiger partial charge on any atom is 0.410 e. The van der Waals surface area contributed by atoms with E-state index in [2.05, 4.69) is 29.4 Å². The third-order valence-corrected chi connectivity index (χ3v) is 5.46. The van der Waals surface area contributed by atoms with E-state index in [0.29, 0.717) is 39.3 Å². The Morgan fingerprint density at radius 1 is 0.882 bits per heavy atom. The molecule has 10 nitrogen and oxygen atoms in total. The van der Waals surface area contributed by atoms with Crippen molar-refractivity contribution in [2.75, 3.05) is 52.5 Å². The maximum absolute atomic E-state index is 12.4. The van der Waals surface area contributed by atoms with Crippen LogP contribution in [0.15, 0.2) is 0 Å². The van der Waals surface area contributed by atoms with Crippen LogP contribution in [-0.2, 0) is 14.2 Å². The summed E-state index contributed by atoms with van der Waals surface area (Å²) in [4.78, 5) is 40.0. The van der Waals surface area contributed by atoms with Crippen LogP contribution < -0.4 is 10.6 Å². The molecule has 198 valence electrons. The number of carbonyl (C=O) groups is 3. The molecule has 0 saturated carbocycles.